The Morgan fingerprint density at radius 1 is 1.12 bits per heavy atom. The van der Waals surface area contributed by atoms with Crippen molar-refractivity contribution in [3.63, 3.8) is 0 Å². The topological polar surface area (TPSA) is 74.7 Å². The number of hydrogen-bond acceptors (Lipinski definition) is 5. The fraction of sp³-hybridized carbons (Fsp3) is 0.469. The summed E-state index contributed by atoms with van der Waals surface area (Å²) < 4.78 is 7.96. The lowest BCUT2D eigenvalue weighted by molar-refractivity contribution is -0.118. The molecule has 2 aromatic heterocycles. The minimum absolute atomic E-state index is 0.00774. The van der Waals surface area contributed by atoms with E-state index < -0.39 is 0 Å². The molecule has 3 aromatic rings. The van der Waals surface area contributed by atoms with E-state index in [0.717, 1.165) is 68.4 Å². The van der Waals surface area contributed by atoms with Gasteiger partial charge in [-0.2, -0.15) is 0 Å². The molecule has 218 valence electrons. The number of ether oxygens (including phenoxy) is 1. The predicted octanol–water partition coefficient (Wildman–Crippen LogP) is 5.30. The van der Waals surface area contributed by atoms with E-state index in [4.69, 9.17) is 21.9 Å². The molecule has 2 atom stereocenters. The predicted molar refractivity (Wildman–Crippen MR) is 168 cm³/mol. The summed E-state index contributed by atoms with van der Waals surface area (Å²) in [5.74, 6) is -0.0783. The molecule has 5 rings (SSSR count). The molecule has 2 N–H and O–H groups in total. The quantitative estimate of drug-likeness (QED) is 0.336. The largest absolute Gasteiger partial charge is 0.379 e. The minimum Gasteiger partial charge on any atom is -0.379 e. The Morgan fingerprint density at radius 3 is 2.59 bits per heavy atom. The van der Waals surface area contributed by atoms with Crippen molar-refractivity contribution < 1.29 is 9.53 Å². The number of benzene rings is 1. The van der Waals surface area contributed by atoms with Crippen LogP contribution in [0.1, 0.15) is 60.6 Å². The van der Waals surface area contributed by atoms with Crippen molar-refractivity contribution in [2.45, 2.75) is 59.7 Å². The average molecular weight is 575 g/mol. The van der Waals surface area contributed by atoms with Gasteiger partial charge in [-0.3, -0.25) is 14.7 Å². The van der Waals surface area contributed by atoms with Crippen molar-refractivity contribution in [3.8, 4) is 0 Å². The van der Waals surface area contributed by atoms with Crippen LogP contribution in [-0.2, 0) is 16.1 Å². The summed E-state index contributed by atoms with van der Waals surface area (Å²) in [6.45, 7) is 16.0. The second-order valence-electron chi connectivity index (χ2n) is 11.4. The number of nitrogens with zero attached hydrogens (tertiary/aromatic N) is 4. The lowest BCUT2D eigenvalue weighted by Crippen LogP contribution is -2.37. The van der Waals surface area contributed by atoms with E-state index in [0.29, 0.717) is 5.11 Å². The van der Waals surface area contributed by atoms with E-state index >= 15 is 0 Å². The van der Waals surface area contributed by atoms with Gasteiger partial charge in [-0.05, 0) is 86.9 Å². The number of hydrogen-bond donors (Lipinski definition) is 2. The number of anilines is 2. The first-order chi connectivity index (χ1) is 19.7. The van der Waals surface area contributed by atoms with Gasteiger partial charge in [0.1, 0.15) is 0 Å². The number of thiocarbonyl (C=S) groups is 1. The molecular weight excluding hydrogens is 532 g/mol. The van der Waals surface area contributed by atoms with E-state index in [1.165, 1.54) is 17.0 Å². The molecule has 2 unspecified atom stereocenters. The van der Waals surface area contributed by atoms with Crippen LogP contribution in [0.15, 0.2) is 48.7 Å². The van der Waals surface area contributed by atoms with Crippen LogP contribution in [0.5, 0.6) is 0 Å². The van der Waals surface area contributed by atoms with Crippen molar-refractivity contribution in [2.24, 2.45) is 5.92 Å². The van der Waals surface area contributed by atoms with Crippen LogP contribution >= 0.6 is 12.2 Å². The Hall–Kier alpha value is -3.27. The summed E-state index contributed by atoms with van der Waals surface area (Å²) in [6.07, 6.45) is 2.93. The van der Waals surface area contributed by atoms with Crippen LogP contribution in [0.3, 0.4) is 0 Å². The highest BCUT2D eigenvalue weighted by molar-refractivity contribution is 7.80. The van der Waals surface area contributed by atoms with Crippen LogP contribution in [0.2, 0.25) is 0 Å². The number of rotatable bonds is 9. The highest BCUT2D eigenvalue weighted by Gasteiger charge is 2.42. The molecule has 2 fully saturated rings. The van der Waals surface area contributed by atoms with Crippen LogP contribution in [0.4, 0.5) is 11.4 Å². The third-order valence-corrected chi connectivity index (χ3v) is 8.57. The van der Waals surface area contributed by atoms with Gasteiger partial charge in [-0.25, -0.2) is 0 Å². The van der Waals surface area contributed by atoms with Crippen molar-refractivity contribution in [3.05, 3.63) is 76.9 Å². The molecule has 0 radical (unpaired) electrons. The van der Waals surface area contributed by atoms with Crippen molar-refractivity contribution in [2.75, 3.05) is 43.1 Å². The zero-order valence-corrected chi connectivity index (χ0v) is 25.6. The van der Waals surface area contributed by atoms with Gasteiger partial charge in [0.05, 0.1) is 31.0 Å². The molecular formula is C32H42N6O2S. The first-order valence-corrected chi connectivity index (χ1v) is 15.0. The Kier molecular flexibility index (Phi) is 9.06. The van der Waals surface area contributed by atoms with E-state index in [-0.39, 0.29) is 23.9 Å². The fourth-order valence-corrected chi connectivity index (χ4v) is 6.26. The summed E-state index contributed by atoms with van der Waals surface area (Å²) in [5, 5.41) is 7.31. The highest BCUT2D eigenvalue weighted by atomic mass is 32.1. The first-order valence-electron chi connectivity index (χ1n) is 14.6. The molecule has 8 nitrogen and oxygen atoms in total. The number of amides is 1. The van der Waals surface area contributed by atoms with Crippen LogP contribution < -0.4 is 15.5 Å². The van der Waals surface area contributed by atoms with Gasteiger partial charge in [-0.15, -0.1) is 0 Å². The molecule has 2 aliphatic heterocycles. The molecule has 9 heteroatoms. The molecule has 1 amide bonds. The molecule has 4 heterocycles. The monoisotopic (exact) mass is 574 g/mol. The summed E-state index contributed by atoms with van der Waals surface area (Å²) in [4.78, 5) is 21.8. The van der Waals surface area contributed by atoms with Crippen LogP contribution in [-0.4, -0.2) is 58.3 Å². The zero-order chi connectivity index (χ0) is 29.1. The van der Waals surface area contributed by atoms with E-state index in [2.05, 4.69) is 57.0 Å². The third-order valence-electron chi connectivity index (χ3n) is 8.26. The maximum absolute atomic E-state index is 12.4. The van der Waals surface area contributed by atoms with Crippen LogP contribution in [0, 0.1) is 26.7 Å². The summed E-state index contributed by atoms with van der Waals surface area (Å²) in [7, 11) is 0. The Morgan fingerprint density at radius 2 is 1.90 bits per heavy atom. The van der Waals surface area contributed by atoms with E-state index in [1.807, 2.05) is 51.2 Å². The number of aryl methyl sites for hydroxylation is 2. The average Bonchev–Trinajstić information content (AvgIpc) is 3.45. The smallest absolute Gasteiger partial charge is 0.226 e. The Labute approximate surface area is 249 Å². The second kappa shape index (κ2) is 12.7. The molecule has 1 aromatic carbocycles. The Bertz CT molecular complexity index is 1380. The molecule has 0 spiro atoms. The molecule has 0 saturated carbocycles. The van der Waals surface area contributed by atoms with Gasteiger partial charge in [0.25, 0.3) is 0 Å². The van der Waals surface area contributed by atoms with E-state index in [9.17, 15) is 4.79 Å². The number of carbonyl (C=O) groups is 1. The highest BCUT2D eigenvalue weighted by Crippen LogP contribution is 2.44. The number of morpholine rings is 1. The standard InChI is InChI=1S/C32H42N6O2S/c1-21(2)31(39)34-27-11-10-25(19-22(27)3)38-30(29(35-32(38)41)28-9-6-7-12-33-28)26-20-23(4)37(24(26)5)14-8-13-36-15-17-40-18-16-36/h6-7,9-12,19-21,29-30H,8,13-18H2,1-5H3,(H,34,39)(H,35,41). The van der Waals surface area contributed by atoms with Crippen LogP contribution in [0.25, 0.3) is 0 Å². The molecule has 2 aliphatic rings. The third kappa shape index (κ3) is 6.32. The number of nitrogens with one attached hydrogen (secondary N) is 2. The minimum atomic E-state index is -0.105. The van der Waals surface area contributed by atoms with Gasteiger partial charge in [-0.1, -0.05) is 19.9 Å². The zero-order valence-electron chi connectivity index (χ0n) is 24.8. The van der Waals surface area contributed by atoms with E-state index in [1.54, 1.807) is 0 Å². The van der Waals surface area contributed by atoms with Crippen molar-refractivity contribution >= 4 is 34.6 Å². The number of carbonyl (C=O) groups excluding carboxylic acids is 1. The fourth-order valence-electron chi connectivity index (χ4n) is 5.91. The van der Waals surface area contributed by atoms with Gasteiger partial charge < -0.3 is 24.8 Å². The maximum Gasteiger partial charge on any atom is 0.226 e. The molecule has 0 bridgehead atoms. The second-order valence-corrected chi connectivity index (χ2v) is 11.8. The maximum atomic E-state index is 12.4. The lowest BCUT2D eigenvalue weighted by atomic mass is 9.96. The molecule has 0 aliphatic carbocycles. The van der Waals surface area contributed by atoms with Gasteiger partial charge in [0, 0.05) is 61.1 Å². The van der Waals surface area contributed by atoms with Crippen molar-refractivity contribution in [1.29, 1.82) is 0 Å². The summed E-state index contributed by atoms with van der Waals surface area (Å²) in [5.41, 5.74) is 7.51. The van der Waals surface area contributed by atoms with Crippen molar-refractivity contribution in [1.82, 2.24) is 19.8 Å². The Balaban J connectivity index is 1.47. The lowest BCUT2D eigenvalue weighted by Gasteiger charge is -2.29. The number of aromatic nitrogens is 2. The van der Waals surface area contributed by atoms with Gasteiger partial charge >= 0.3 is 0 Å². The molecule has 2 saturated heterocycles. The SMILES string of the molecule is Cc1cc(N2C(=S)NC(c3ccccn3)C2c2cc(C)n(CCCN3CCOCC3)c2C)ccc1NC(=O)C(C)C. The normalized spacial score (nSPS) is 19.6. The van der Waals surface area contributed by atoms with Gasteiger partial charge in [0.15, 0.2) is 5.11 Å². The summed E-state index contributed by atoms with van der Waals surface area (Å²) in [6, 6.07) is 14.3. The van der Waals surface area contributed by atoms with Gasteiger partial charge in [0.2, 0.25) is 5.91 Å². The summed E-state index contributed by atoms with van der Waals surface area (Å²) >= 11 is 5.98. The molecule has 41 heavy (non-hydrogen) atoms. The number of pyridine rings is 1. The first kappa shape index (κ1) is 29.2.